The largest absolute Gasteiger partial charge is 0.481 e. The number of benzene rings is 1. The maximum Gasteiger partial charge on any atom is 0.317 e. The minimum atomic E-state index is -0.826. The van der Waals surface area contributed by atoms with Crippen molar-refractivity contribution in [3.8, 4) is 0 Å². The van der Waals surface area contributed by atoms with Crippen molar-refractivity contribution in [2.24, 2.45) is 11.8 Å². The molecule has 3 rings (SSSR count). The van der Waals surface area contributed by atoms with E-state index in [1.807, 2.05) is 26.0 Å². The highest BCUT2D eigenvalue weighted by Gasteiger charge is 2.34. The van der Waals surface area contributed by atoms with Crippen molar-refractivity contribution in [1.82, 2.24) is 10.2 Å². The van der Waals surface area contributed by atoms with Crippen LogP contribution in [0.4, 0.5) is 4.79 Å². The molecule has 0 aromatic heterocycles. The van der Waals surface area contributed by atoms with E-state index < -0.39 is 11.9 Å². The van der Waals surface area contributed by atoms with Crippen LogP contribution in [0.25, 0.3) is 0 Å². The molecule has 2 fully saturated rings. The Morgan fingerprint density at radius 2 is 1.96 bits per heavy atom. The van der Waals surface area contributed by atoms with Crippen LogP contribution in [0.3, 0.4) is 0 Å². The van der Waals surface area contributed by atoms with Crippen molar-refractivity contribution >= 4 is 12.0 Å². The summed E-state index contributed by atoms with van der Waals surface area (Å²) in [5.41, 5.74) is 2.25. The molecule has 1 aromatic rings. The van der Waals surface area contributed by atoms with E-state index in [0.29, 0.717) is 19.6 Å². The van der Waals surface area contributed by atoms with Crippen molar-refractivity contribution in [2.75, 3.05) is 19.7 Å². The molecule has 2 aliphatic rings. The molecule has 1 aromatic carbocycles. The third kappa shape index (κ3) is 4.36. The molecule has 2 aliphatic heterocycles. The van der Waals surface area contributed by atoms with Crippen LogP contribution in [-0.4, -0.2) is 47.7 Å². The molecule has 2 heterocycles. The van der Waals surface area contributed by atoms with Gasteiger partial charge in [0.05, 0.1) is 12.0 Å². The predicted molar refractivity (Wildman–Crippen MR) is 97.9 cm³/mol. The van der Waals surface area contributed by atoms with Crippen LogP contribution >= 0.6 is 0 Å². The first kappa shape index (κ1) is 18.7. The van der Waals surface area contributed by atoms with Crippen LogP contribution in [0.2, 0.25) is 0 Å². The summed E-state index contributed by atoms with van der Waals surface area (Å²) >= 11 is 0. The number of aliphatic carboxylic acids is 1. The van der Waals surface area contributed by atoms with Gasteiger partial charge in [0, 0.05) is 19.7 Å². The highest BCUT2D eigenvalue weighted by Crippen LogP contribution is 2.29. The summed E-state index contributed by atoms with van der Waals surface area (Å²) in [6, 6.07) is 7.92. The lowest BCUT2D eigenvalue weighted by Gasteiger charge is -2.38. The molecule has 0 bridgehead atoms. The van der Waals surface area contributed by atoms with Crippen LogP contribution < -0.4 is 5.32 Å². The Kier molecular flexibility index (Phi) is 5.81. The summed E-state index contributed by atoms with van der Waals surface area (Å²) < 4.78 is 5.96. The Labute approximate surface area is 154 Å². The number of likely N-dealkylation sites (tertiary alicyclic amines) is 1. The lowest BCUT2D eigenvalue weighted by atomic mass is 9.90. The van der Waals surface area contributed by atoms with E-state index in [-0.39, 0.29) is 30.6 Å². The molecule has 0 radical (unpaired) electrons. The van der Waals surface area contributed by atoms with Gasteiger partial charge in [-0.15, -0.1) is 0 Å². The van der Waals surface area contributed by atoms with Crippen molar-refractivity contribution in [3.63, 3.8) is 0 Å². The summed E-state index contributed by atoms with van der Waals surface area (Å²) in [4.78, 5) is 25.8. The van der Waals surface area contributed by atoms with Gasteiger partial charge in [0.15, 0.2) is 0 Å². The molecule has 4 atom stereocenters. The van der Waals surface area contributed by atoms with Gasteiger partial charge < -0.3 is 20.1 Å². The van der Waals surface area contributed by atoms with Gasteiger partial charge in [0.2, 0.25) is 0 Å². The molecule has 2 amide bonds. The van der Waals surface area contributed by atoms with E-state index in [2.05, 4.69) is 17.4 Å². The Morgan fingerprint density at radius 3 is 2.65 bits per heavy atom. The zero-order chi connectivity index (χ0) is 18.7. The number of carbonyl (C=O) groups excluding carboxylic acids is 1. The van der Waals surface area contributed by atoms with Crippen LogP contribution in [0.15, 0.2) is 24.3 Å². The van der Waals surface area contributed by atoms with E-state index in [1.54, 1.807) is 4.90 Å². The Balaban J connectivity index is 1.68. The molecule has 4 unspecified atom stereocenters. The lowest BCUT2D eigenvalue weighted by molar-refractivity contribution is -0.143. The minimum Gasteiger partial charge on any atom is -0.481 e. The molecular formula is C20H28N2O4. The fourth-order valence-electron chi connectivity index (χ4n) is 3.96. The predicted octanol–water partition coefficient (Wildman–Crippen LogP) is 2.97. The Bertz CT molecular complexity index is 646. The number of carbonyl (C=O) groups is 2. The van der Waals surface area contributed by atoms with Crippen LogP contribution in [0.5, 0.6) is 0 Å². The summed E-state index contributed by atoms with van der Waals surface area (Å²) in [7, 11) is 0. The molecule has 26 heavy (non-hydrogen) atoms. The van der Waals surface area contributed by atoms with Crippen LogP contribution in [-0.2, 0) is 9.53 Å². The van der Waals surface area contributed by atoms with Gasteiger partial charge in [-0.3, -0.25) is 4.79 Å². The first-order valence-corrected chi connectivity index (χ1v) is 9.40. The Morgan fingerprint density at radius 1 is 1.23 bits per heavy atom. The monoisotopic (exact) mass is 360 g/mol. The average Bonchev–Trinajstić information content (AvgIpc) is 2.62. The van der Waals surface area contributed by atoms with Gasteiger partial charge in [-0.25, -0.2) is 4.79 Å². The van der Waals surface area contributed by atoms with Crippen molar-refractivity contribution in [2.45, 2.75) is 45.3 Å². The number of nitrogens with one attached hydrogen (secondary N) is 1. The average molecular weight is 360 g/mol. The van der Waals surface area contributed by atoms with E-state index in [4.69, 9.17) is 4.74 Å². The number of carboxylic acid groups (broad SMARTS) is 1. The fraction of sp³-hybridized carbons (Fsp3) is 0.600. The second-order valence-corrected chi connectivity index (χ2v) is 7.68. The summed E-state index contributed by atoms with van der Waals surface area (Å²) in [5.74, 6) is -1.13. The number of hydrogen-bond donors (Lipinski definition) is 2. The molecule has 2 saturated heterocycles. The van der Waals surface area contributed by atoms with Crippen molar-refractivity contribution < 1.29 is 19.4 Å². The number of nitrogens with zero attached hydrogens (tertiary/aromatic N) is 1. The first-order chi connectivity index (χ1) is 12.4. The van der Waals surface area contributed by atoms with Crippen LogP contribution in [0, 0.1) is 18.8 Å². The molecule has 2 N–H and O–H groups in total. The van der Waals surface area contributed by atoms with Gasteiger partial charge in [0.25, 0.3) is 0 Å². The normalized spacial score (nSPS) is 29.2. The topological polar surface area (TPSA) is 78.9 Å². The van der Waals surface area contributed by atoms with Crippen LogP contribution in [0.1, 0.15) is 43.4 Å². The fourth-order valence-corrected chi connectivity index (χ4v) is 3.96. The maximum atomic E-state index is 12.8. The third-order valence-corrected chi connectivity index (χ3v) is 5.33. The SMILES string of the molecule is Cc1ccc(C2OCCCC2NC(=O)N2CC(C)CC(C(=O)O)C2)cc1. The number of aryl methyl sites for hydroxylation is 1. The van der Waals surface area contributed by atoms with Gasteiger partial charge in [-0.2, -0.15) is 0 Å². The quantitative estimate of drug-likeness (QED) is 0.869. The third-order valence-electron chi connectivity index (χ3n) is 5.33. The number of piperidine rings is 1. The van der Waals surface area contributed by atoms with E-state index >= 15 is 0 Å². The first-order valence-electron chi connectivity index (χ1n) is 9.40. The minimum absolute atomic E-state index is 0.0977. The second-order valence-electron chi connectivity index (χ2n) is 7.68. The number of amides is 2. The molecule has 6 heteroatoms. The summed E-state index contributed by atoms with van der Waals surface area (Å²) in [6.45, 7) is 5.59. The molecule has 6 nitrogen and oxygen atoms in total. The molecular weight excluding hydrogens is 332 g/mol. The highest BCUT2D eigenvalue weighted by atomic mass is 16.5. The number of ether oxygens (including phenoxy) is 1. The molecule has 0 aliphatic carbocycles. The number of urea groups is 1. The van der Waals surface area contributed by atoms with Gasteiger partial charge in [-0.1, -0.05) is 36.8 Å². The van der Waals surface area contributed by atoms with Gasteiger partial charge >= 0.3 is 12.0 Å². The summed E-state index contributed by atoms with van der Waals surface area (Å²) in [6.07, 6.45) is 2.22. The van der Waals surface area contributed by atoms with Gasteiger partial charge in [0.1, 0.15) is 6.10 Å². The molecule has 0 spiro atoms. The number of hydrogen-bond acceptors (Lipinski definition) is 3. The maximum absolute atomic E-state index is 12.8. The molecule has 142 valence electrons. The zero-order valence-electron chi connectivity index (χ0n) is 15.5. The lowest BCUT2D eigenvalue weighted by Crippen LogP contribution is -2.53. The standard InChI is InChI=1S/C20H28N2O4/c1-13-5-7-15(8-6-13)18-17(4-3-9-26-18)21-20(25)22-11-14(2)10-16(12-22)19(23)24/h5-8,14,16-18H,3-4,9-12H2,1-2H3,(H,21,25)(H,23,24). The smallest absolute Gasteiger partial charge is 0.317 e. The van der Waals surface area contributed by atoms with Crippen molar-refractivity contribution in [3.05, 3.63) is 35.4 Å². The van der Waals surface area contributed by atoms with E-state index in [1.165, 1.54) is 5.56 Å². The Hall–Kier alpha value is -2.08. The molecule has 0 saturated carbocycles. The van der Waals surface area contributed by atoms with Crippen molar-refractivity contribution in [1.29, 1.82) is 0 Å². The second kappa shape index (κ2) is 8.08. The van der Waals surface area contributed by atoms with E-state index in [0.717, 1.165) is 18.4 Å². The highest BCUT2D eigenvalue weighted by molar-refractivity contribution is 5.77. The van der Waals surface area contributed by atoms with Gasteiger partial charge in [-0.05, 0) is 37.7 Å². The number of rotatable bonds is 3. The summed E-state index contributed by atoms with van der Waals surface area (Å²) in [5, 5.41) is 12.4. The zero-order valence-corrected chi connectivity index (χ0v) is 15.5. The van der Waals surface area contributed by atoms with E-state index in [9.17, 15) is 14.7 Å². The number of carboxylic acids is 1.